The molecule has 26 heavy (non-hydrogen) atoms. The van der Waals surface area contributed by atoms with Crippen molar-refractivity contribution in [2.45, 2.75) is 32.2 Å². The molecule has 0 aromatic carbocycles. The topological polar surface area (TPSA) is 84.4 Å². The molecule has 2 aromatic heterocycles. The fraction of sp³-hybridized carbons (Fsp3) is 0.444. The third-order valence-electron chi connectivity index (χ3n) is 4.19. The van der Waals surface area contributed by atoms with E-state index in [2.05, 4.69) is 15.3 Å². The van der Waals surface area contributed by atoms with Gasteiger partial charge in [0.15, 0.2) is 0 Å². The normalized spacial score (nSPS) is 14.9. The minimum atomic E-state index is -0.275. The molecule has 1 N–H and O–H groups in total. The standard InChI is InChI=1S/C18H22N4O3S/c1-2-25-18(24)22-8-5-14(6-9-22)20-16(23)10-15-12-26-17(21-15)13-4-3-7-19-11-13/h3-4,7,11-12,14H,2,5-6,8-10H2,1H3,(H,20,23). The summed E-state index contributed by atoms with van der Waals surface area (Å²) in [4.78, 5) is 34.3. The summed E-state index contributed by atoms with van der Waals surface area (Å²) in [5, 5.41) is 5.81. The summed E-state index contributed by atoms with van der Waals surface area (Å²) < 4.78 is 5.00. The van der Waals surface area contributed by atoms with Gasteiger partial charge in [-0.05, 0) is 31.9 Å². The van der Waals surface area contributed by atoms with Gasteiger partial charge in [0.1, 0.15) is 5.01 Å². The molecule has 3 heterocycles. The third kappa shape index (κ3) is 4.78. The number of nitrogens with one attached hydrogen (secondary N) is 1. The Morgan fingerprint density at radius 1 is 1.38 bits per heavy atom. The molecule has 0 aliphatic carbocycles. The van der Waals surface area contributed by atoms with Gasteiger partial charge in [-0.2, -0.15) is 0 Å². The Labute approximate surface area is 156 Å². The van der Waals surface area contributed by atoms with E-state index in [1.54, 1.807) is 24.2 Å². The second-order valence-corrected chi connectivity index (χ2v) is 6.95. The molecule has 8 heteroatoms. The number of amides is 2. The third-order valence-corrected chi connectivity index (χ3v) is 5.13. The lowest BCUT2D eigenvalue weighted by Gasteiger charge is -2.31. The number of rotatable bonds is 5. The summed E-state index contributed by atoms with van der Waals surface area (Å²) in [7, 11) is 0. The lowest BCUT2D eigenvalue weighted by atomic mass is 10.1. The maximum atomic E-state index is 12.3. The predicted molar refractivity (Wildman–Crippen MR) is 98.8 cm³/mol. The summed E-state index contributed by atoms with van der Waals surface area (Å²) >= 11 is 1.51. The number of hydrogen-bond acceptors (Lipinski definition) is 6. The predicted octanol–water partition coefficient (Wildman–Crippen LogP) is 2.48. The first-order valence-electron chi connectivity index (χ1n) is 8.71. The van der Waals surface area contributed by atoms with Crippen LogP contribution in [-0.4, -0.2) is 52.6 Å². The van der Waals surface area contributed by atoms with Crippen molar-refractivity contribution in [3.8, 4) is 10.6 Å². The quantitative estimate of drug-likeness (QED) is 0.869. The molecule has 2 amide bonds. The first-order chi connectivity index (χ1) is 12.7. The lowest BCUT2D eigenvalue weighted by Crippen LogP contribution is -2.47. The maximum absolute atomic E-state index is 12.3. The molecule has 1 aliphatic heterocycles. The Morgan fingerprint density at radius 3 is 2.88 bits per heavy atom. The number of carbonyl (C=O) groups excluding carboxylic acids is 2. The van der Waals surface area contributed by atoms with Gasteiger partial charge in [-0.25, -0.2) is 9.78 Å². The van der Waals surface area contributed by atoms with E-state index >= 15 is 0 Å². The van der Waals surface area contributed by atoms with Gasteiger partial charge in [0.05, 0.1) is 18.7 Å². The van der Waals surface area contributed by atoms with E-state index in [1.807, 2.05) is 17.5 Å². The van der Waals surface area contributed by atoms with E-state index in [-0.39, 0.29) is 24.5 Å². The molecule has 1 saturated heterocycles. The zero-order valence-corrected chi connectivity index (χ0v) is 15.5. The highest BCUT2D eigenvalue weighted by molar-refractivity contribution is 7.13. The van der Waals surface area contributed by atoms with Crippen LogP contribution in [-0.2, 0) is 16.0 Å². The van der Waals surface area contributed by atoms with Crippen LogP contribution in [0.25, 0.3) is 10.6 Å². The SMILES string of the molecule is CCOC(=O)N1CCC(NC(=O)Cc2csc(-c3cccnc3)n2)CC1. The van der Waals surface area contributed by atoms with Crippen LogP contribution in [0.5, 0.6) is 0 Å². The molecule has 1 fully saturated rings. The first kappa shape index (κ1) is 18.3. The number of carbonyl (C=O) groups is 2. The van der Waals surface area contributed by atoms with Crippen LogP contribution in [0.1, 0.15) is 25.5 Å². The number of aromatic nitrogens is 2. The van der Waals surface area contributed by atoms with E-state index in [0.717, 1.165) is 29.1 Å². The van der Waals surface area contributed by atoms with Crippen LogP contribution in [0.15, 0.2) is 29.9 Å². The Kier molecular flexibility index (Phi) is 6.17. The Bertz CT molecular complexity index is 742. The molecule has 0 bridgehead atoms. The molecular weight excluding hydrogens is 352 g/mol. The van der Waals surface area contributed by atoms with Crippen LogP contribution in [0.3, 0.4) is 0 Å². The molecule has 0 atom stereocenters. The van der Waals surface area contributed by atoms with E-state index in [0.29, 0.717) is 19.7 Å². The van der Waals surface area contributed by atoms with Crippen molar-refractivity contribution in [3.05, 3.63) is 35.6 Å². The van der Waals surface area contributed by atoms with E-state index < -0.39 is 0 Å². The van der Waals surface area contributed by atoms with Crippen molar-refractivity contribution in [3.63, 3.8) is 0 Å². The smallest absolute Gasteiger partial charge is 0.409 e. The summed E-state index contributed by atoms with van der Waals surface area (Å²) in [6.07, 6.45) is 4.95. The number of nitrogens with zero attached hydrogens (tertiary/aromatic N) is 3. The minimum absolute atomic E-state index is 0.0392. The second kappa shape index (κ2) is 8.75. The van der Waals surface area contributed by atoms with Crippen molar-refractivity contribution in [1.82, 2.24) is 20.2 Å². The van der Waals surface area contributed by atoms with Crippen molar-refractivity contribution >= 4 is 23.3 Å². The summed E-state index contributed by atoms with van der Waals surface area (Å²) in [5.41, 5.74) is 1.71. The highest BCUT2D eigenvalue weighted by atomic mass is 32.1. The largest absolute Gasteiger partial charge is 0.450 e. The second-order valence-electron chi connectivity index (χ2n) is 6.09. The summed E-state index contributed by atoms with van der Waals surface area (Å²) in [6.45, 7) is 3.38. The van der Waals surface area contributed by atoms with E-state index in [4.69, 9.17) is 4.74 Å². The van der Waals surface area contributed by atoms with Crippen molar-refractivity contribution < 1.29 is 14.3 Å². The monoisotopic (exact) mass is 374 g/mol. The number of piperidine rings is 1. The van der Waals surface area contributed by atoms with Crippen LogP contribution >= 0.6 is 11.3 Å². The molecule has 138 valence electrons. The van der Waals surface area contributed by atoms with Gasteiger partial charge in [-0.1, -0.05) is 0 Å². The van der Waals surface area contributed by atoms with Gasteiger partial charge in [0.2, 0.25) is 5.91 Å². The first-order valence-corrected chi connectivity index (χ1v) is 9.59. The highest BCUT2D eigenvalue weighted by Crippen LogP contribution is 2.22. The van der Waals surface area contributed by atoms with Gasteiger partial charge in [0.25, 0.3) is 0 Å². The molecule has 3 rings (SSSR count). The Morgan fingerprint density at radius 2 is 2.19 bits per heavy atom. The number of thiazole rings is 1. The summed E-state index contributed by atoms with van der Waals surface area (Å²) in [5.74, 6) is -0.0392. The van der Waals surface area contributed by atoms with Crippen molar-refractivity contribution in [1.29, 1.82) is 0 Å². The number of hydrogen-bond donors (Lipinski definition) is 1. The lowest BCUT2D eigenvalue weighted by molar-refractivity contribution is -0.121. The van der Waals surface area contributed by atoms with Crippen LogP contribution < -0.4 is 5.32 Å². The van der Waals surface area contributed by atoms with E-state index in [9.17, 15) is 9.59 Å². The highest BCUT2D eigenvalue weighted by Gasteiger charge is 2.24. The summed E-state index contributed by atoms with van der Waals surface area (Å²) in [6, 6.07) is 3.91. The maximum Gasteiger partial charge on any atom is 0.409 e. The van der Waals surface area contributed by atoms with Crippen molar-refractivity contribution in [2.75, 3.05) is 19.7 Å². The zero-order valence-electron chi connectivity index (χ0n) is 14.7. The van der Waals surface area contributed by atoms with Gasteiger partial charge < -0.3 is 15.0 Å². The minimum Gasteiger partial charge on any atom is -0.450 e. The number of likely N-dealkylation sites (tertiary alicyclic amines) is 1. The van der Waals surface area contributed by atoms with Crippen molar-refractivity contribution in [2.24, 2.45) is 0 Å². The molecule has 2 aromatic rings. The molecular formula is C18H22N4O3S. The molecule has 0 saturated carbocycles. The molecule has 1 aliphatic rings. The van der Waals surface area contributed by atoms with Crippen LogP contribution in [0.4, 0.5) is 4.79 Å². The van der Waals surface area contributed by atoms with Gasteiger partial charge >= 0.3 is 6.09 Å². The molecule has 0 spiro atoms. The number of pyridine rings is 1. The van der Waals surface area contributed by atoms with Crippen LogP contribution in [0.2, 0.25) is 0 Å². The average molecular weight is 374 g/mol. The average Bonchev–Trinajstić information content (AvgIpc) is 3.11. The Hall–Kier alpha value is -2.48. The molecule has 0 radical (unpaired) electrons. The van der Waals surface area contributed by atoms with Gasteiger partial charge in [-0.15, -0.1) is 11.3 Å². The van der Waals surface area contributed by atoms with Gasteiger partial charge in [-0.3, -0.25) is 9.78 Å². The molecule has 7 nitrogen and oxygen atoms in total. The fourth-order valence-electron chi connectivity index (χ4n) is 2.87. The molecule has 0 unspecified atom stereocenters. The zero-order chi connectivity index (χ0) is 18.4. The van der Waals surface area contributed by atoms with Gasteiger partial charge in [0, 0.05) is 42.5 Å². The Balaban J connectivity index is 1.47. The number of ether oxygens (including phenoxy) is 1. The van der Waals surface area contributed by atoms with Crippen LogP contribution in [0, 0.1) is 0 Å². The fourth-order valence-corrected chi connectivity index (χ4v) is 3.68. The van der Waals surface area contributed by atoms with E-state index in [1.165, 1.54) is 11.3 Å².